The third-order valence-corrected chi connectivity index (χ3v) is 4.55. The van der Waals surface area contributed by atoms with E-state index < -0.39 is 10.0 Å². The average Bonchev–Trinajstić information content (AvgIpc) is 2.85. The van der Waals surface area contributed by atoms with Gasteiger partial charge in [0.15, 0.2) is 0 Å². The first-order valence-electron chi connectivity index (χ1n) is 6.38. The summed E-state index contributed by atoms with van der Waals surface area (Å²) >= 11 is 1.76. The molecule has 0 aliphatic rings. The van der Waals surface area contributed by atoms with Gasteiger partial charge < -0.3 is 9.73 Å². The van der Waals surface area contributed by atoms with Crippen LogP contribution in [0.1, 0.15) is 25.5 Å². The maximum absolute atomic E-state index is 11.9. The number of rotatable bonds is 10. The molecule has 1 aromatic rings. The van der Waals surface area contributed by atoms with Gasteiger partial charge in [0.2, 0.25) is 5.09 Å². The highest BCUT2D eigenvalue weighted by atomic mass is 32.2. The number of hydrogen-bond donors (Lipinski definition) is 2. The number of sulfonamides is 1. The molecule has 0 atom stereocenters. The van der Waals surface area contributed by atoms with Gasteiger partial charge in [-0.15, -0.1) is 0 Å². The first-order valence-corrected chi connectivity index (χ1v) is 9.26. The molecule has 0 aliphatic carbocycles. The van der Waals surface area contributed by atoms with Crippen LogP contribution in [-0.2, 0) is 16.6 Å². The van der Waals surface area contributed by atoms with E-state index >= 15 is 0 Å². The highest BCUT2D eigenvalue weighted by molar-refractivity contribution is 7.98. The summed E-state index contributed by atoms with van der Waals surface area (Å²) < 4.78 is 31.7. The lowest BCUT2D eigenvalue weighted by atomic mass is 10.3. The quantitative estimate of drug-likeness (QED) is 0.645. The van der Waals surface area contributed by atoms with Gasteiger partial charge in [0.1, 0.15) is 5.76 Å². The molecule has 5 nitrogen and oxygen atoms in total. The molecular weight excluding hydrogens is 284 g/mol. The fourth-order valence-corrected chi connectivity index (χ4v) is 3.01. The molecule has 19 heavy (non-hydrogen) atoms. The fourth-order valence-electron chi connectivity index (χ4n) is 1.49. The first kappa shape index (κ1) is 16.6. The van der Waals surface area contributed by atoms with Crippen LogP contribution in [0.25, 0.3) is 0 Å². The zero-order valence-electron chi connectivity index (χ0n) is 11.4. The van der Waals surface area contributed by atoms with Crippen LogP contribution < -0.4 is 10.0 Å². The summed E-state index contributed by atoms with van der Waals surface area (Å²) in [6.45, 7) is 3.79. The molecular formula is C12H22N2O3S2. The molecule has 0 fully saturated rings. The molecule has 0 unspecified atom stereocenters. The molecule has 1 rings (SSSR count). The molecule has 0 radical (unpaired) electrons. The van der Waals surface area contributed by atoms with Crippen molar-refractivity contribution in [2.24, 2.45) is 0 Å². The van der Waals surface area contributed by atoms with Crippen LogP contribution in [-0.4, -0.2) is 33.5 Å². The molecule has 0 aliphatic heterocycles. The van der Waals surface area contributed by atoms with E-state index in [4.69, 9.17) is 4.42 Å². The predicted molar refractivity (Wildman–Crippen MR) is 78.9 cm³/mol. The van der Waals surface area contributed by atoms with E-state index in [1.165, 1.54) is 6.07 Å². The van der Waals surface area contributed by atoms with E-state index in [-0.39, 0.29) is 5.09 Å². The lowest BCUT2D eigenvalue weighted by Crippen LogP contribution is -2.24. The minimum absolute atomic E-state index is 0.00901. The van der Waals surface area contributed by atoms with Crippen molar-refractivity contribution in [3.8, 4) is 0 Å². The monoisotopic (exact) mass is 306 g/mol. The Bertz CT molecular complexity index is 457. The smallest absolute Gasteiger partial charge is 0.273 e. The van der Waals surface area contributed by atoms with Crippen LogP contribution in [0, 0.1) is 0 Å². The van der Waals surface area contributed by atoms with Gasteiger partial charge in [-0.3, -0.25) is 0 Å². The maximum atomic E-state index is 11.9. The van der Waals surface area contributed by atoms with E-state index in [1.54, 1.807) is 17.8 Å². The lowest BCUT2D eigenvalue weighted by Gasteiger charge is -2.04. The molecule has 7 heteroatoms. The van der Waals surface area contributed by atoms with Gasteiger partial charge in [0.05, 0.1) is 6.54 Å². The van der Waals surface area contributed by atoms with Gasteiger partial charge >= 0.3 is 0 Å². The van der Waals surface area contributed by atoms with Crippen molar-refractivity contribution in [1.82, 2.24) is 10.0 Å². The number of unbranched alkanes of at least 4 members (excludes halogenated alkanes) is 1. The number of hydrogen-bond acceptors (Lipinski definition) is 5. The largest absolute Gasteiger partial charge is 0.447 e. The van der Waals surface area contributed by atoms with Gasteiger partial charge in [0.25, 0.3) is 10.0 Å². The van der Waals surface area contributed by atoms with Crippen LogP contribution in [0.15, 0.2) is 21.6 Å². The van der Waals surface area contributed by atoms with Crippen LogP contribution in [0.5, 0.6) is 0 Å². The van der Waals surface area contributed by atoms with E-state index in [0.717, 1.165) is 25.1 Å². The maximum Gasteiger partial charge on any atom is 0.273 e. The van der Waals surface area contributed by atoms with Gasteiger partial charge in [0, 0.05) is 6.54 Å². The Balaban J connectivity index is 2.45. The number of furan rings is 1. The van der Waals surface area contributed by atoms with Crippen molar-refractivity contribution in [2.45, 2.75) is 31.4 Å². The zero-order valence-corrected chi connectivity index (χ0v) is 13.1. The Morgan fingerprint density at radius 2 is 2.11 bits per heavy atom. The number of thioether (sulfide) groups is 1. The first-order chi connectivity index (χ1) is 9.10. The minimum atomic E-state index is -3.50. The summed E-state index contributed by atoms with van der Waals surface area (Å²) in [6, 6.07) is 3.18. The second-order valence-electron chi connectivity index (χ2n) is 4.10. The minimum Gasteiger partial charge on any atom is -0.447 e. The Morgan fingerprint density at radius 3 is 2.79 bits per heavy atom. The van der Waals surface area contributed by atoms with E-state index in [9.17, 15) is 8.42 Å². The van der Waals surface area contributed by atoms with E-state index in [2.05, 4.69) is 10.0 Å². The average molecular weight is 306 g/mol. The Hall–Kier alpha value is -0.500. The van der Waals surface area contributed by atoms with Crippen LogP contribution >= 0.6 is 11.8 Å². The summed E-state index contributed by atoms with van der Waals surface area (Å²) in [6.07, 6.45) is 3.89. The third kappa shape index (κ3) is 5.99. The summed E-state index contributed by atoms with van der Waals surface area (Å²) in [7, 11) is -3.50. The zero-order chi connectivity index (χ0) is 14.1. The SMILES string of the molecule is CCNCc1ccc(S(=O)(=O)NCCCCSC)o1. The number of nitrogens with one attached hydrogen (secondary N) is 2. The summed E-state index contributed by atoms with van der Waals surface area (Å²) in [5.41, 5.74) is 0. The molecule has 0 saturated heterocycles. The molecule has 0 spiro atoms. The molecule has 1 heterocycles. The van der Waals surface area contributed by atoms with E-state index in [1.807, 2.05) is 13.2 Å². The van der Waals surface area contributed by atoms with Gasteiger partial charge in [-0.2, -0.15) is 11.8 Å². The third-order valence-electron chi connectivity index (χ3n) is 2.52. The van der Waals surface area contributed by atoms with Crippen LogP contribution in [0.4, 0.5) is 0 Å². The van der Waals surface area contributed by atoms with Crippen molar-refractivity contribution in [3.05, 3.63) is 17.9 Å². The second-order valence-corrected chi connectivity index (χ2v) is 6.78. The Labute approximate surface area is 119 Å². The van der Waals surface area contributed by atoms with E-state index in [0.29, 0.717) is 18.8 Å². The predicted octanol–water partition coefficient (Wildman–Crippen LogP) is 1.81. The molecule has 0 bridgehead atoms. The summed E-state index contributed by atoms with van der Waals surface area (Å²) in [5, 5.41) is 3.08. The molecule has 0 aromatic carbocycles. The molecule has 110 valence electrons. The van der Waals surface area contributed by atoms with Crippen molar-refractivity contribution >= 4 is 21.8 Å². The van der Waals surface area contributed by atoms with Crippen LogP contribution in [0.3, 0.4) is 0 Å². The van der Waals surface area contributed by atoms with Gasteiger partial charge in [-0.25, -0.2) is 13.1 Å². The summed E-state index contributed by atoms with van der Waals surface area (Å²) in [4.78, 5) is 0. The normalized spacial score (nSPS) is 11.9. The lowest BCUT2D eigenvalue weighted by molar-refractivity contribution is 0.401. The van der Waals surface area contributed by atoms with Crippen molar-refractivity contribution < 1.29 is 12.8 Å². The fraction of sp³-hybridized carbons (Fsp3) is 0.667. The van der Waals surface area contributed by atoms with Crippen molar-refractivity contribution in [3.63, 3.8) is 0 Å². The Morgan fingerprint density at radius 1 is 1.32 bits per heavy atom. The molecule has 1 aromatic heterocycles. The molecule has 0 amide bonds. The van der Waals surface area contributed by atoms with Crippen molar-refractivity contribution in [1.29, 1.82) is 0 Å². The van der Waals surface area contributed by atoms with Crippen molar-refractivity contribution in [2.75, 3.05) is 25.1 Å². The topological polar surface area (TPSA) is 71.3 Å². The molecule has 2 N–H and O–H groups in total. The summed E-state index contributed by atoms with van der Waals surface area (Å²) in [5.74, 6) is 1.68. The molecule has 0 saturated carbocycles. The van der Waals surface area contributed by atoms with Gasteiger partial charge in [-0.05, 0) is 43.5 Å². The Kier molecular flexibility index (Phi) is 7.52. The second kappa shape index (κ2) is 8.63. The standard InChI is InChI=1S/C12H22N2O3S2/c1-3-13-10-11-6-7-12(17-11)19(15,16)14-8-4-5-9-18-2/h6-7,13-14H,3-5,8-10H2,1-2H3. The van der Waals surface area contributed by atoms with Gasteiger partial charge in [-0.1, -0.05) is 6.92 Å². The highest BCUT2D eigenvalue weighted by Gasteiger charge is 2.17. The van der Waals surface area contributed by atoms with Crippen LogP contribution in [0.2, 0.25) is 0 Å². The highest BCUT2D eigenvalue weighted by Crippen LogP contribution is 2.13.